The normalized spacial score (nSPS) is 10.7. The SMILES string of the molecule is COc1ccc(Cc2nc(C(=O)NCCCCCCCCCCC(=O)O)cc(=O)[nH]2)cc1. The highest BCUT2D eigenvalue weighted by molar-refractivity contribution is 5.92. The summed E-state index contributed by atoms with van der Waals surface area (Å²) in [5.41, 5.74) is 0.726. The number of carboxylic acid groups (broad SMARTS) is 1. The van der Waals surface area contributed by atoms with Crippen LogP contribution in [0.5, 0.6) is 5.75 Å². The van der Waals surface area contributed by atoms with E-state index in [4.69, 9.17) is 9.84 Å². The van der Waals surface area contributed by atoms with E-state index in [1.54, 1.807) is 7.11 Å². The van der Waals surface area contributed by atoms with Gasteiger partial charge in [-0.25, -0.2) is 4.98 Å². The van der Waals surface area contributed by atoms with Crippen molar-refractivity contribution < 1.29 is 19.4 Å². The second-order valence-electron chi connectivity index (χ2n) is 7.83. The van der Waals surface area contributed by atoms with E-state index in [0.717, 1.165) is 62.7 Å². The summed E-state index contributed by atoms with van der Waals surface area (Å²) in [5.74, 6) is 0.122. The molecule has 8 heteroatoms. The van der Waals surface area contributed by atoms with Crippen LogP contribution in [0, 0.1) is 0 Å². The Morgan fingerprint density at radius 3 is 2.25 bits per heavy atom. The second-order valence-corrected chi connectivity index (χ2v) is 7.83. The van der Waals surface area contributed by atoms with Crippen LogP contribution in [0.1, 0.15) is 79.7 Å². The standard InChI is InChI=1S/C24H33N3O5/c1-32-19-13-11-18(12-14-19)16-21-26-20(17-22(28)27-21)24(31)25-15-9-7-5-3-2-4-6-8-10-23(29)30/h11-14,17H,2-10,15-16H2,1H3,(H,25,31)(H,29,30)(H,26,27,28). The number of ether oxygens (including phenoxy) is 1. The van der Waals surface area contributed by atoms with E-state index in [9.17, 15) is 14.4 Å². The van der Waals surface area contributed by atoms with Gasteiger partial charge >= 0.3 is 5.97 Å². The minimum Gasteiger partial charge on any atom is -0.497 e. The van der Waals surface area contributed by atoms with Crippen LogP contribution in [-0.2, 0) is 11.2 Å². The number of carbonyl (C=O) groups excluding carboxylic acids is 1. The van der Waals surface area contributed by atoms with Crippen molar-refractivity contribution in [2.24, 2.45) is 0 Å². The molecule has 0 atom stereocenters. The zero-order valence-electron chi connectivity index (χ0n) is 18.7. The number of hydrogen-bond donors (Lipinski definition) is 3. The average Bonchev–Trinajstić information content (AvgIpc) is 2.77. The number of nitrogens with one attached hydrogen (secondary N) is 2. The maximum absolute atomic E-state index is 12.4. The molecule has 2 aromatic rings. The molecule has 1 heterocycles. The number of benzene rings is 1. The third-order valence-electron chi connectivity index (χ3n) is 5.16. The Balaban J connectivity index is 1.67. The summed E-state index contributed by atoms with van der Waals surface area (Å²) in [6.45, 7) is 0.541. The molecule has 1 aromatic carbocycles. The largest absolute Gasteiger partial charge is 0.497 e. The summed E-state index contributed by atoms with van der Waals surface area (Å²) < 4.78 is 5.14. The molecule has 3 N–H and O–H groups in total. The first-order chi connectivity index (χ1) is 15.5. The van der Waals surface area contributed by atoms with E-state index >= 15 is 0 Å². The van der Waals surface area contributed by atoms with Crippen LogP contribution in [0.15, 0.2) is 35.1 Å². The Bertz CT molecular complexity index is 909. The molecule has 0 saturated carbocycles. The molecule has 0 aliphatic carbocycles. The lowest BCUT2D eigenvalue weighted by Gasteiger charge is -2.07. The van der Waals surface area contributed by atoms with Gasteiger partial charge in [-0.1, -0.05) is 50.7 Å². The topological polar surface area (TPSA) is 121 Å². The van der Waals surface area contributed by atoms with Crippen LogP contribution in [0.25, 0.3) is 0 Å². The number of rotatable bonds is 15. The van der Waals surface area contributed by atoms with Crippen LogP contribution in [0.4, 0.5) is 0 Å². The van der Waals surface area contributed by atoms with Gasteiger partial charge in [0.15, 0.2) is 0 Å². The molecule has 0 aliphatic heterocycles. The molecular formula is C24H33N3O5. The van der Waals surface area contributed by atoms with Crippen molar-refractivity contribution in [3.63, 3.8) is 0 Å². The number of aromatic nitrogens is 2. The number of nitrogens with zero attached hydrogens (tertiary/aromatic N) is 1. The molecule has 0 aliphatic rings. The van der Waals surface area contributed by atoms with E-state index in [1.807, 2.05) is 24.3 Å². The maximum Gasteiger partial charge on any atom is 0.303 e. The predicted molar refractivity (Wildman–Crippen MR) is 122 cm³/mol. The van der Waals surface area contributed by atoms with E-state index in [2.05, 4.69) is 15.3 Å². The monoisotopic (exact) mass is 443 g/mol. The van der Waals surface area contributed by atoms with Gasteiger partial charge in [-0.15, -0.1) is 0 Å². The average molecular weight is 444 g/mol. The van der Waals surface area contributed by atoms with E-state index in [1.165, 1.54) is 6.07 Å². The first kappa shape index (κ1) is 25.1. The number of hydrogen-bond acceptors (Lipinski definition) is 5. The van der Waals surface area contributed by atoms with Crippen LogP contribution < -0.4 is 15.6 Å². The predicted octanol–water partition coefficient (Wildman–Crippen LogP) is 3.69. The van der Waals surface area contributed by atoms with Gasteiger partial charge in [0.1, 0.15) is 17.3 Å². The van der Waals surface area contributed by atoms with Crippen molar-refractivity contribution >= 4 is 11.9 Å². The molecule has 2 rings (SSSR count). The molecule has 0 bridgehead atoms. The number of carbonyl (C=O) groups is 2. The Kier molecular flexibility index (Phi) is 11.0. The van der Waals surface area contributed by atoms with Crippen molar-refractivity contribution in [2.75, 3.05) is 13.7 Å². The van der Waals surface area contributed by atoms with Crippen LogP contribution in [-0.4, -0.2) is 40.6 Å². The van der Waals surface area contributed by atoms with Gasteiger partial charge in [0.05, 0.1) is 7.11 Å². The van der Waals surface area contributed by atoms with E-state index in [0.29, 0.717) is 18.8 Å². The highest BCUT2D eigenvalue weighted by Gasteiger charge is 2.10. The van der Waals surface area contributed by atoms with Crippen LogP contribution >= 0.6 is 0 Å². The molecule has 174 valence electrons. The van der Waals surface area contributed by atoms with Crippen LogP contribution in [0.2, 0.25) is 0 Å². The fourth-order valence-corrected chi connectivity index (χ4v) is 3.40. The number of methoxy groups -OCH3 is 1. The summed E-state index contributed by atoms with van der Waals surface area (Å²) in [4.78, 5) is 41.8. The molecule has 32 heavy (non-hydrogen) atoms. The Hall–Kier alpha value is -3.16. The second kappa shape index (κ2) is 14.0. The Labute approximate surface area is 188 Å². The molecule has 0 spiro atoms. The van der Waals surface area contributed by atoms with Gasteiger partial charge in [0.25, 0.3) is 11.5 Å². The molecule has 8 nitrogen and oxygen atoms in total. The number of H-pyrrole nitrogens is 1. The Morgan fingerprint density at radius 1 is 1.00 bits per heavy atom. The highest BCUT2D eigenvalue weighted by Crippen LogP contribution is 2.13. The van der Waals surface area contributed by atoms with Gasteiger partial charge in [0.2, 0.25) is 0 Å². The summed E-state index contributed by atoms with van der Waals surface area (Å²) in [6, 6.07) is 8.67. The van der Waals surface area contributed by atoms with Crippen molar-refractivity contribution in [3.8, 4) is 5.75 Å². The van der Waals surface area contributed by atoms with Crippen molar-refractivity contribution in [1.82, 2.24) is 15.3 Å². The zero-order valence-corrected chi connectivity index (χ0v) is 18.7. The minimum atomic E-state index is -0.726. The highest BCUT2D eigenvalue weighted by atomic mass is 16.5. The number of aromatic amines is 1. The minimum absolute atomic E-state index is 0.124. The van der Waals surface area contributed by atoms with Gasteiger partial charge < -0.3 is 20.1 Å². The number of amides is 1. The van der Waals surface area contributed by atoms with E-state index in [-0.39, 0.29) is 23.6 Å². The first-order valence-electron chi connectivity index (χ1n) is 11.2. The lowest BCUT2D eigenvalue weighted by molar-refractivity contribution is -0.137. The number of aliphatic carboxylic acids is 1. The van der Waals surface area contributed by atoms with Crippen molar-refractivity contribution in [3.05, 3.63) is 57.8 Å². The van der Waals surface area contributed by atoms with E-state index < -0.39 is 5.97 Å². The Morgan fingerprint density at radius 2 is 1.62 bits per heavy atom. The fourth-order valence-electron chi connectivity index (χ4n) is 3.40. The lowest BCUT2D eigenvalue weighted by Crippen LogP contribution is -2.28. The molecule has 0 unspecified atom stereocenters. The molecule has 0 saturated heterocycles. The molecule has 0 fully saturated rings. The zero-order chi connectivity index (χ0) is 23.2. The van der Waals surface area contributed by atoms with Gasteiger partial charge in [-0.3, -0.25) is 14.4 Å². The molecule has 0 radical (unpaired) electrons. The molecule has 1 aromatic heterocycles. The van der Waals surface area contributed by atoms with Crippen LogP contribution in [0.3, 0.4) is 0 Å². The van der Waals surface area contributed by atoms with Gasteiger partial charge in [-0.2, -0.15) is 0 Å². The lowest BCUT2D eigenvalue weighted by atomic mass is 10.1. The van der Waals surface area contributed by atoms with Crippen molar-refractivity contribution in [1.29, 1.82) is 0 Å². The summed E-state index contributed by atoms with van der Waals surface area (Å²) in [5, 5.41) is 11.4. The van der Waals surface area contributed by atoms with Gasteiger partial charge in [0, 0.05) is 25.5 Å². The third-order valence-corrected chi connectivity index (χ3v) is 5.16. The first-order valence-corrected chi connectivity index (χ1v) is 11.2. The van der Waals surface area contributed by atoms with Crippen molar-refractivity contribution in [2.45, 2.75) is 64.2 Å². The quantitative estimate of drug-likeness (QED) is 0.361. The fraction of sp³-hybridized carbons (Fsp3) is 0.500. The summed E-state index contributed by atoms with van der Waals surface area (Å²) in [6.07, 6.45) is 8.65. The smallest absolute Gasteiger partial charge is 0.303 e. The van der Waals surface area contributed by atoms with Gasteiger partial charge in [-0.05, 0) is 30.5 Å². The third kappa shape index (κ3) is 9.76. The maximum atomic E-state index is 12.4. The molecular weight excluding hydrogens is 410 g/mol. The number of carboxylic acids is 1. The summed E-state index contributed by atoms with van der Waals surface area (Å²) >= 11 is 0. The number of unbranched alkanes of at least 4 members (excludes halogenated alkanes) is 7. The molecule has 1 amide bonds. The summed E-state index contributed by atoms with van der Waals surface area (Å²) in [7, 11) is 1.60.